The molecule has 6 nitrogen and oxygen atoms in total. The van der Waals surface area contributed by atoms with E-state index in [0.717, 1.165) is 0 Å². The van der Waals surface area contributed by atoms with E-state index in [2.05, 4.69) is 10.3 Å². The summed E-state index contributed by atoms with van der Waals surface area (Å²) in [5.41, 5.74) is 5.96. The van der Waals surface area contributed by atoms with Gasteiger partial charge in [-0.25, -0.2) is 17.7 Å². The quantitative estimate of drug-likeness (QED) is 0.717. The number of nitrogens with one attached hydrogen (secondary N) is 1. The van der Waals surface area contributed by atoms with Crippen LogP contribution in [0.15, 0.2) is 18.2 Å². The fraction of sp³-hybridized carbons (Fsp3) is 0.400. The van der Waals surface area contributed by atoms with Crippen LogP contribution in [0.1, 0.15) is 5.69 Å². The van der Waals surface area contributed by atoms with E-state index in [0.29, 0.717) is 11.5 Å². The normalized spacial score (nSPS) is 11.5. The molecule has 100 valence electrons. The monoisotopic (exact) mass is 288 g/mol. The number of sulfonamides is 1. The highest BCUT2D eigenvalue weighted by atomic mass is 32.2. The Morgan fingerprint density at radius 2 is 2.17 bits per heavy atom. The number of anilines is 1. The van der Waals surface area contributed by atoms with E-state index in [4.69, 9.17) is 18.0 Å². The second kappa shape index (κ2) is 6.07. The number of pyridine rings is 1. The first kappa shape index (κ1) is 14.8. The summed E-state index contributed by atoms with van der Waals surface area (Å²) in [5.74, 6) is 0.549. The highest BCUT2D eigenvalue weighted by Gasteiger charge is 2.12. The molecule has 1 heterocycles. The van der Waals surface area contributed by atoms with Crippen LogP contribution in [0.5, 0.6) is 0 Å². The van der Waals surface area contributed by atoms with Crippen molar-refractivity contribution in [3.63, 3.8) is 0 Å². The molecular formula is C10H16N4O2S2. The van der Waals surface area contributed by atoms with Crippen molar-refractivity contribution >= 4 is 33.0 Å². The second-order valence-corrected chi connectivity index (χ2v) is 6.54. The number of hydrogen-bond acceptors (Lipinski definition) is 5. The van der Waals surface area contributed by atoms with Gasteiger partial charge in [-0.15, -0.1) is 0 Å². The average molecular weight is 288 g/mol. The number of nitrogens with zero attached hydrogens (tertiary/aromatic N) is 2. The Balaban J connectivity index is 2.60. The highest BCUT2D eigenvalue weighted by molar-refractivity contribution is 7.89. The summed E-state index contributed by atoms with van der Waals surface area (Å²) in [4.78, 5) is 4.36. The lowest BCUT2D eigenvalue weighted by Gasteiger charge is -2.12. The van der Waals surface area contributed by atoms with Crippen LogP contribution in [0.3, 0.4) is 0 Å². The summed E-state index contributed by atoms with van der Waals surface area (Å²) in [6, 6.07) is 5.18. The Kier molecular flexibility index (Phi) is 5.00. The molecule has 18 heavy (non-hydrogen) atoms. The van der Waals surface area contributed by atoms with Crippen molar-refractivity contribution < 1.29 is 8.42 Å². The lowest BCUT2D eigenvalue weighted by atomic mass is 10.3. The molecule has 0 fully saturated rings. The van der Waals surface area contributed by atoms with Gasteiger partial charge in [0.05, 0.1) is 11.4 Å². The van der Waals surface area contributed by atoms with E-state index in [1.807, 2.05) is 0 Å². The molecule has 0 aliphatic carbocycles. The van der Waals surface area contributed by atoms with Crippen LogP contribution >= 0.6 is 12.2 Å². The third-order valence-electron chi connectivity index (χ3n) is 2.22. The van der Waals surface area contributed by atoms with Crippen LogP contribution in [-0.4, -0.2) is 49.1 Å². The van der Waals surface area contributed by atoms with Crippen molar-refractivity contribution in [2.45, 2.75) is 0 Å². The second-order valence-electron chi connectivity index (χ2n) is 3.80. The third kappa shape index (κ3) is 4.21. The zero-order valence-electron chi connectivity index (χ0n) is 10.3. The van der Waals surface area contributed by atoms with E-state index >= 15 is 0 Å². The van der Waals surface area contributed by atoms with Gasteiger partial charge in [-0.3, -0.25) is 0 Å². The molecule has 1 aromatic rings. The third-order valence-corrected chi connectivity index (χ3v) is 4.27. The molecule has 0 amide bonds. The molecule has 1 aromatic heterocycles. The first-order chi connectivity index (χ1) is 8.33. The molecule has 3 N–H and O–H groups in total. The topological polar surface area (TPSA) is 88.3 Å². The molecule has 0 aromatic carbocycles. The fourth-order valence-electron chi connectivity index (χ4n) is 1.16. The van der Waals surface area contributed by atoms with Gasteiger partial charge >= 0.3 is 0 Å². The Morgan fingerprint density at radius 3 is 2.72 bits per heavy atom. The average Bonchev–Trinajstić information content (AvgIpc) is 2.29. The zero-order valence-corrected chi connectivity index (χ0v) is 11.9. The Labute approximate surface area is 112 Å². The summed E-state index contributed by atoms with van der Waals surface area (Å²) < 4.78 is 24.2. The summed E-state index contributed by atoms with van der Waals surface area (Å²) in [6.45, 7) is 0.272. The molecule has 0 radical (unpaired) electrons. The van der Waals surface area contributed by atoms with Gasteiger partial charge in [-0.2, -0.15) is 0 Å². The molecule has 0 aliphatic heterocycles. The fourth-order valence-corrected chi connectivity index (χ4v) is 2.00. The van der Waals surface area contributed by atoms with Gasteiger partial charge in [0.1, 0.15) is 10.8 Å². The maximum absolute atomic E-state index is 11.5. The summed E-state index contributed by atoms with van der Waals surface area (Å²) in [7, 11) is -0.200. The van der Waals surface area contributed by atoms with Crippen LogP contribution in [0.2, 0.25) is 0 Å². The van der Waals surface area contributed by atoms with Gasteiger partial charge in [0, 0.05) is 20.6 Å². The summed E-state index contributed by atoms with van der Waals surface area (Å²) >= 11 is 4.81. The van der Waals surface area contributed by atoms with Crippen molar-refractivity contribution in [1.82, 2.24) is 9.29 Å². The SMILES string of the molecule is CN(C)S(=O)(=O)CCNc1cccc(C(N)=S)n1. The van der Waals surface area contributed by atoms with E-state index in [-0.39, 0.29) is 17.3 Å². The predicted octanol–water partition coefficient (Wildman–Crippen LogP) is 0.0191. The van der Waals surface area contributed by atoms with Crippen LogP contribution in [0.25, 0.3) is 0 Å². The van der Waals surface area contributed by atoms with Gasteiger partial charge in [0.2, 0.25) is 10.0 Å². The highest BCUT2D eigenvalue weighted by Crippen LogP contribution is 2.05. The van der Waals surface area contributed by atoms with Crippen LogP contribution in [0, 0.1) is 0 Å². The smallest absolute Gasteiger partial charge is 0.215 e. The van der Waals surface area contributed by atoms with Gasteiger partial charge in [0.15, 0.2) is 0 Å². The minimum Gasteiger partial charge on any atom is -0.388 e. The minimum absolute atomic E-state index is 0.00101. The van der Waals surface area contributed by atoms with E-state index < -0.39 is 10.0 Å². The number of nitrogens with two attached hydrogens (primary N) is 1. The molecule has 0 spiro atoms. The van der Waals surface area contributed by atoms with Gasteiger partial charge < -0.3 is 11.1 Å². The van der Waals surface area contributed by atoms with E-state index in [1.165, 1.54) is 18.4 Å². The van der Waals surface area contributed by atoms with Gasteiger partial charge in [-0.1, -0.05) is 18.3 Å². The van der Waals surface area contributed by atoms with E-state index in [9.17, 15) is 8.42 Å². The molecule has 8 heteroatoms. The van der Waals surface area contributed by atoms with Gasteiger partial charge in [0.25, 0.3) is 0 Å². The Morgan fingerprint density at radius 1 is 1.50 bits per heavy atom. The van der Waals surface area contributed by atoms with Crippen molar-refractivity contribution in [2.24, 2.45) is 5.73 Å². The largest absolute Gasteiger partial charge is 0.388 e. The zero-order chi connectivity index (χ0) is 13.8. The van der Waals surface area contributed by atoms with Crippen molar-refractivity contribution in [3.8, 4) is 0 Å². The Hall–Kier alpha value is -1.25. The number of hydrogen-bond donors (Lipinski definition) is 2. The number of aromatic nitrogens is 1. The molecular weight excluding hydrogens is 272 g/mol. The standard InChI is InChI=1S/C10H16N4O2S2/c1-14(2)18(15,16)7-6-12-9-5-3-4-8(13-9)10(11)17/h3-5H,6-7H2,1-2H3,(H2,11,17)(H,12,13). The maximum Gasteiger partial charge on any atom is 0.215 e. The molecule has 0 atom stereocenters. The number of thiocarbonyl (C=S) groups is 1. The first-order valence-corrected chi connectivity index (χ1v) is 7.25. The Bertz CT molecular complexity index is 528. The lowest BCUT2D eigenvalue weighted by molar-refractivity contribution is 0.521. The van der Waals surface area contributed by atoms with Crippen molar-refractivity contribution in [1.29, 1.82) is 0 Å². The van der Waals surface area contributed by atoms with Crippen molar-refractivity contribution in [2.75, 3.05) is 31.7 Å². The molecule has 0 saturated carbocycles. The minimum atomic E-state index is -3.20. The number of rotatable bonds is 6. The maximum atomic E-state index is 11.5. The van der Waals surface area contributed by atoms with Crippen LogP contribution in [-0.2, 0) is 10.0 Å². The molecule has 0 saturated heterocycles. The van der Waals surface area contributed by atoms with Crippen LogP contribution in [0.4, 0.5) is 5.82 Å². The molecule has 0 unspecified atom stereocenters. The molecule has 0 aliphatic rings. The van der Waals surface area contributed by atoms with Crippen molar-refractivity contribution in [3.05, 3.63) is 23.9 Å². The molecule has 1 rings (SSSR count). The molecule has 0 bridgehead atoms. The van der Waals surface area contributed by atoms with Gasteiger partial charge in [-0.05, 0) is 12.1 Å². The summed E-state index contributed by atoms with van der Waals surface area (Å²) in [5, 5.41) is 2.92. The lowest BCUT2D eigenvalue weighted by Crippen LogP contribution is -2.28. The van der Waals surface area contributed by atoms with Crippen LogP contribution < -0.4 is 11.1 Å². The predicted molar refractivity (Wildman–Crippen MR) is 76.1 cm³/mol. The summed E-state index contributed by atoms with van der Waals surface area (Å²) in [6.07, 6.45) is 0. The van der Waals surface area contributed by atoms with E-state index in [1.54, 1.807) is 18.2 Å². The first-order valence-electron chi connectivity index (χ1n) is 5.24.